The zero-order valence-electron chi connectivity index (χ0n) is 14.3. The van der Waals surface area contributed by atoms with E-state index in [0.29, 0.717) is 22.4 Å². The molecule has 0 unspecified atom stereocenters. The van der Waals surface area contributed by atoms with Crippen LogP contribution in [-0.2, 0) is 6.54 Å². The van der Waals surface area contributed by atoms with E-state index in [0.717, 1.165) is 27.5 Å². The highest BCUT2D eigenvalue weighted by Crippen LogP contribution is 2.36. The van der Waals surface area contributed by atoms with E-state index in [-0.39, 0.29) is 5.92 Å². The monoisotopic (exact) mass is 405 g/mol. The molecule has 0 aliphatic heterocycles. The summed E-state index contributed by atoms with van der Waals surface area (Å²) in [6, 6.07) is 9.23. The lowest BCUT2D eigenvalue weighted by molar-refractivity contribution is 0.111. The maximum atomic E-state index is 11.6. The van der Waals surface area contributed by atoms with Crippen LogP contribution in [0.3, 0.4) is 0 Å². The van der Waals surface area contributed by atoms with Gasteiger partial charge in [-0.15, -0.1) is 0 Å². The summed E-state index contributed by atoms with van der Waals surface area (Å²) in [5, 5.41) is 1.92. The molecular formula is C19H17Cl2N3OS. The molecule has 0 atom stereocenters. The molecule has 0 aliphatic carbocycles. The third-order valence-electron chi connectivity index (χ3n) is 3.80. The SMILES string of the molecule is CC(C)c1c(Sc2cc(Cl)cc(Cl)c2)nc(C=O)n1Cc1ccncc1. The molecule has 0 saturated carbocycles. The summed E-state index contributed by atoms with van der Waals surface area (Å²) in [4.78, 5) is 21.1. The van der Waals surface area contributed by atoms with E-state index in [1.807, 2.05) is 28.8 Å². The molecular weight excluding hydrogens is 389 g/mol. The van der Waals surface area contributed by atoms with Crippen molar-refractivity contribution in [1.29, 1.82) is 0 Å². The van der Waals surface area contributed by atoms with E-state index in [4.69, 9.17) is 23.2 Å². The normalized spacial score (nSPS) is 11.1. The fraction of sp³-hybridized carbons (Fsp3) is 0.211. The molecule has 26 heavy (non-hydrogen) atoms. The van der Waals surface area contributed by atoms with Crippen LogP contribution >= 0.6 is 35.0 Å². The first kappa shape index (κ1) is 19.0. The first-order valence-corrected chi connectivity index (χ1v) is 9.63. The summed E-state index contributed by atoms with van der Waals surface area (Å²) in [5.41, 5.74) is 2.06. The molecule has 0 saturated heterocycles. The van der Waals surface area contributed by atoms with Crippen LogP contribution in [-0.4, -0.2) is 20.8 Å². The second-order valence-corrected chi connectivity index (χ2v) is 8.02. The minimum absolute atomic E-state index is 0.190. The number of hydrogen-bond acceptors (Lipinski definition) is 4. The maximum absolute atomic E-state index is 11.6. The fourth-order valence-electron chi connectivity index (χ4n) is 2.72. The third-order valence-corrected chi connectivity index (χ3v) is 5.20. The number of carbonyl (C=O) groups excluding carboxylic acids is 1. The molecule has 4 nitrogen and oxygen atoms in total. The average molecular weight is 406 g/mol. The van der Waals surface area contributed by atoms with Crippen molar-refractivity contribution in [1.82, 2.24) is 14.5 Å². The van der Waals surface area contributed by atoms with E-state index < -0.39 is 0 Å². The number of nitrogens with zero attached hydrogens (tertiary/aromatic N) is 3. The van der Waals surface area contributed by atoms with Crippen molar-refractivity contribution in [2.75, 3.05) is 0 Å². The Balaban J connectivity index is 2.03. The van der Waals surface area contributed by atoms with E-state index in [9.17, 15) is 4.79 Å². The Morgan fingerprint density at radius 3 is 2.38 bits per heavy atom. The van der Waals surface area contributed by atoms with Crippen molar-refractivity contribution in [3.8, 4) is 0 Å². The Morgan fingerprint density at radius 2 is 1.81 bits per heavy atom. The molecule has 2 aromatic heterocycles. The van der Waals surface area contributed by atoms with E-state index in [1.54, 1.807) is 18.5 Å². The van der Waals surface area contributed by atoms with Gasteiger partial charge in [0.05, 0.1) is 5.69 Å². The molecule has 7 heteroatoms. The lowest BCUT2D eigenvalue weighted by Gasteiger charge is -2.14. The predicted octanol–water partition coefficient (Wildman–Crippen LogP) is 5.72. The summed E-state index contributed by atoms with van der Waals surface area (Å²) in [5.74, 6) is 0.594. The Bertz CT molecular complexity index is 906. The highest BCUT2D eigenvalue weighted by molar-refractivity contribution is 7.99. The second-order valence-electron chi connectivity index (χ2n) is 6.08. The van der Waals surface area contributed by atoms with Crippen molar-refractivity contribution in [2.24, 2.45) is 0 Å². The number of carbonyl (C=O) groups is 1. The van der Waals surface area contributed by atoms with E-state index in [2.05, 4.69) is 23.8 Å². The number of hydrogen-bond donors (Lipinski definition) is 0. The topological polar surface area (TPSA) is 47.8 Å². The average Bonchev–Trinajstić information content (AvgIpc) is 2.92. The van der Waals surface area contributed by atoms with Gasteiger partial charge in [-0.3, -0.25) is 9.78 Å². The summed E-state index contributed by atoms with van der Waals surface area (Å²) in [6.45, 7) is 4.74. The molecule has 0 amide bonds. The number of aromatic nitrogens is 3. The van der Waals surface area contributed by atoms with Crippen molar-refractivity contribution in [3.05, 3.63) is 69.9 Å². The lowest BCUT2D eigenvalue weighted by Crippen LogP contribution is -2.09. The zero-order chi connectivity index (χ0) is 18.7. The number of halogens is 2. The fourth-order valence-corrected chi connectivity index (χ4v) is 4.56. The first-order chi connectivity index (χ1) is 12.5. The van der Waals surface area contributed by atoms with Gasteiger partial charge in [0.1, 0.15) is 5.03 Å². The van der Waals surface area contributed by atoms with E-state index in [1.165, 1.54) is 11.8 Å². The molecule has 0 spiro atoms. The van der Waals surface area contributed by atoms with Gasteiger partial charge in [0.2, 0.25) is 0 Å². The van der Waals surface area contributed by atoms with Crippen LogP contribution in [0.4, 0.5) is 0 Å². The minimum Gasteiger partial charge on any atom is -0.320 e. The predicted molar refractivity (Wildman–Crippen MR) is 106 cm³/mol. The van der Waals surface area contributed by atoms with Crippen molar-refractivity contribution >= 4 is 41.2 Å². The number of pyridine rings is 1. The van der Waals surface area contributed by atoms with Gasteiger partial charge in [-0.05, 0) is 41.8 Å². The van der Waals surface area contributed by atoms with Crippen molar-refractivity contribution in [2.45, 2.75) is 36.2 Å². The number of imidazole rings is 1. The maximum Gasteiger partial charge on any atom is 0.185 e. The Morgan fingerprint density at radius 1 is 1.15 bits per heavy atom. The Kier molecular flexibility index (Phi) is 6.01. The van der Waals surface area contributed by atoms with Crippen LogP contribution in [0.2, 0.25) is 10.0 Å². The van der Waals surface area contributed by atoms with Gasteiger partial charge in [-0.1, -0.05) is 48.8 Å². The molecule has 0 aliphatic rings. The Labute approximate surface area is 166 Å². The molecule has 3 aromatic rings. The highest BCUT2D eigenvalue weighted by atomic mass is 35.5. The number of rotatable bonds is 6. The molecule has 0 fully saturated rings. The number of aldehydes is 1. The molecule has 134 valence electrons. The molecule has 1 aromatic carbocycles. The summed E-state index contributed by atoms with van der Waals surface area (Å²) in [6.07, 6.45) is 4.28. The van der Waals surface area contributed by atoms with Crippen LogP contribution in [0.5, 0.6) is 0 Å². The third kappa shape index (κ3) is 4.29. The summed E-state index contributed by atoms with van der Waals surface area (Å²) >= 11 is 13.7. The zero-order valence-corrected chi connectivity index (χ0v) is 16.6. The van der Waals surface area contributed by atoms with E-state index >= 15 is 0 Å². The molecule has 0 N–H and O–H groups in total. The van der Waals surface area contributed by atoms with Gasteiger partial charge in [-0.2, -0.15) is 0 Å². The smallest absolute Gasteiger partial charge is 0.185 e. The standard InChI is InChI=1S/C19H17Cl2N3OS/c1-12(2)18-19(26-16-8-14(20)7-15(21)9-16)23-17(11-25)24(18)10-13-3-5-22-6-4-13/h3-9,11-12H,10H2,1-2H3. The summed E-state index contributed by atoms with van der Waals surface area (Å²) in [7, 11) is 0. The quantitative estimate of drug-likeness (QED) is 0.491. The van der Waals surface area contributed by atoms with Gasteiger partial charge in [0, 0.05) is 33.9 Å². The number of benzene rings is 1. The van der Waals surface area contributed by atoms with Crippen LogP contribution in [0.1, 0.15) is 41.6 Å². The van der Waals surface area contributed by atoms with Crippen LogP contribution in [0.15, 0.2) is 52.6 Å². The van der Waals surface area contributed by atoms with Gasteiger partial charge >= 0.3 is 0 Å². The van der Waals surface area contributed by atoms with Gasteiger partial charge in [0.15, 0.2) is 12.1 Å². The van der Waals surface area contributed by atoms with Gasteiger partial charge in [0.25, 0.3) is 0 Å². The summed E-state index contributed by atoms with van der Waals surface area (Å²) < 4.78 is 1.96. The lowest BCUT2D eigenvalue weighted by atomic mass is 10.1. The second kappa shape index (κ2) is 8.25. The highest BCUT2D eigenvalue weighted by Gasteiger charge is 2.21. The minimum atomic E-state index is 0.190. The first-order valence-electron chi connectivity index (χ1n) is 8.06. The molecule has 0 radical (unpaired) electrons. The van der Waals surface area contributed by atoms with Crippen LogP contribution in [0.25, 0.3) is 0 Å². The van der Waals surface area contributed by atoms with Crippen LogP contribution in [0, 0.1) is 0 Å². The molecule has 0 bridgehead atoms. The van der Waals surface area contributed by atoms with Gasteiger partial charge in [-0.25, -0.2) is 4.98 Å². The van der Waals surface area contributed by atoms with Crippen molar-refractivity contribution < 1.29 is 4.79 Å². The van der Waals surface area contributed by atoms with Crippen molar-refractivity contribution in [3.63, 3.8) is 0 Å². The molecule has 2 heterocycles. The largest absolute Gasteiger partial charge is 0.320 e. The molecule has 3 rings (SSSR count). The van der Waals surface area contributed by atoms with Crippen LogP contribution < -0.4 is 0 Å². The Hall–Kier alpha value is -1.82. The van der Waals surface area contributed by atoms with Gasteiger partial charge < -0.3 is 4.57 Å².